The SMILES string of the molecule is CC(C)(N)CC1CCCCC1.Cl. The molecule has 1 rings (SSSR count). The highest BCUT2D eigenvalue weighted by molar-refractivity contribution is 5.85. The standard InChI is InChI=1S/C10H21N.ClH/c1-10(2,11)8-9-6-4-3-5-7-9;/h9H,3-8,11H2,1-2H3;1H. The van der Waals surface area contributed by atoms with Crippen molar-refractivity contribution in [1.82, 2.24) is 0 Å². The van der Waals surface area contributed by atoms with E-state index in [-0.39, 0.29) is 17.9 Å². The molecule has 0 aromatic carbocycles. The molecule has 2 heteroatoms. The van der Waals surface area contributed by atoms with Crippen LogP contribution in [-0.2, 0) is 0 Å². The van der Waals surface area contributed by atoms with Gasteiger partial charge in [-0.05, 0) is 26.2 Å². The van der Waals surface area contributed by atoms with Gasteiger partial charge in [0.2, 0.25) is 0 Å². The first-order chi connectivity index (χ1) is 5.08. The second-order valence-corrected chi connectivity index (χ2v) is 4.70. The summed E-state index contributed by atoms with van der Waals surface area (Å²) < 4.78 is 0. The molecular formula is C10H22ClN. The third-order valence-corrected chi connectivity index (χ3v) is 2.54. The predicted molar refractivity (Wildman–Crippen MR) is 56.7 cm³/mol. The Morgan fingerprint density at radius 1 is 1.17 bits per heavy atom. The highest BCUT2D eigenvalue weighted by atomic mass is 35.5. The van der Waals surface area contributed by atoms with Crippen LogP contribution in [0.15, 0.2) is 0 Å². The summed E-state index contributed by atoms with van der Waals surface area (Å²) in [7, 11) is 0. The van der Waals surface area contributed by atoms with E-state index in [4.69, 9.17) is 5.73 Å². The average Bonchev–Trinajstić information content (AvgIpc) is 1.85. The summed E-state index contributed by atoms with van der Waals surface area (Å²) in [5.74, 6) is 0.920. The molecule has 2 N–H and O–H groups in total. The monoisotopic (exact) mass is 191 g/mol. The molecule has 0 aromatic rings. The van der Waals surface area contributed by atoms with Gasteiger partial charge in [0.1, 0.15) is 0 Å². The lowest BCUT2D eigenvalue weighted by molar-refractivity contribution is 0.282. The molecule has 0 aliphatic heterocycles. The van der Waals surface area contributed by atoms with Gasteiger partial charge in [-0.1, -0.05) is 32.1 Å². The fourth-order valence-electron chi connectivity index (χ4n) is 2.14. The van der Waals surface area contributed by atoms with Crippen LogP contribution in [-0.4, -0.2) is 5.54 Å². The van der Waals surface area contributed by atoms with E-state index in [0.717, 1.165) is 5.92 Å². The van der Waals surface area contributed by atoms with E-state index in [1.165, 1.54) is 38.5 Å². The van der Waals surface area contributed by atoms with Crippen LogP contribution in [0.2, 0.25) is 0 Å². The van der Waals surface area contributed by atoms with Gasteiger partial charge in [-0.2, -0.15) is 0 Å². The van der Waals surface area contributed by atoms with E-state index >= 15 is 0 Å². The maximum atomic E-state index is 5.97. The average molecular weight is 192 g/mol. The van der Waals surface area contributed by atoms with E-state index in [2.05, 4.69) is 13.8 Å². The van der Waals surface area contributed by atoms with Crippen LogP contribution >= 0.6 is 12.4 Å². The summed E-state index contributed by atoms with van der Waals surface area (Å²) in [6.07, 6.45) is 8.36. The minimum Gasteiger partial charge on any atom is -0.326 e. The minimum absolute atomic E-state index is 0. The molecule has 0 aromatic heterocycles. The molecule has 0 radical (unpaired) electrons. The van der Waals surface area contributed by atoms with Gasteiger partial charge in [0.15, 0.2) is 0 Å². The molecule has 1 saturated carbocycles. The van der Waals surface area contributed by atoms with Crippen molar-refractivity contribution in [2.24, 2.45) is 11.7 Å². The molecule has 1 aliphatic rings. The van der Waals surface area contributed by atoms with Gasteiger partial charge in [0.25, 0.3) is 0 Å². The molecule has 74 valence electrons. The number of nitrogens with two attached hydrogens (primary N) is 1. The lowest BCUT2D eigenvalue weighted by Crippen LogP contribution is -2.34. The van der Waals surface area contributed by atoms with Gasteiger partial charge < -0.3 is 5.73 Å². The topological polar surface area (TPSA) is 26.0 Å². The molecule has 1 fully saturated rings. The Labute approximate surface area is 82.5 Å². The maximum Gasteiger partial charge on any atom is 0.00996 e. The first kappa shape index (κ1) is 12.2. The maximum absolute atomic E-state index is 5.97. The molecule has 1 aliphatic carbocycles. The summed E-state index contributed by atoms with van der Waals surface area (Å²) in [4.78, 5) is 0. The van der Waals surface area contributed by atoms with Crippen molar-refractivity contribution in [2.75, 3.05) is 0 Å². The van der Waals surface area contributed by atoms with Gasteiger partial charge in [0.05, 0.1) is 0 Å². The molecule has 12 heavy (non-hydrogen) atoms. The Hall–Kier alpha value is 0.250. The van der Waals surface area contributed by atoms with Crippen molar-refractivity contribution in [2.45, 2.75) is 57.9 Å². The van der Waals surface area contributed by atoms with Crippen LogP contribution in [0.1, 0.15) is 52.4 Å². The Kier molecular flexibility index (Phi) is 5.19. The molecule has 0 atom stereocenters. The Balaban J connectivity index is 0.00000121. The lowest BCUT2D eigenvalue weighted by Gasteiger charge is -2.28. The summed E-state index contributed by atoms with van der Waals surface area (Å²) in [6, 6.07) is 0. The van der Waals surface area contributed by atoms with Crippen molar-refractivity contribution in [3.63, 3.8) is 0 Å². The molecular weight excluding hydrogens is 170 g/mol. The second-order valence-electron chi connectivity index (χ2n) is 4.70. The Bertz CT molecular complexity index is 111. The van der Waals surface area contributed by atoms with E-state index < -0.39 is 0 Å². The zero-order valence-corrected chi connectivity index (χ0v) is 9.12. The number of hydrogen-bond donors (Lipinski definition) is 1. The third-order valence-electron chi connectivity index (χ3n) is 2.54. The van der Waals surface area contributed by atoms with E-state index in [0.29, 0.717) is 0 Å². The first-order valence-corrected chi connectivity index (χ1v) is 4.87. The molecule has 0 heterocycles. The van der Waals surface area contributed by atoms with Crippen LogP contribution in [0.4, 0.5) is 0 Å². The first-order valence-electron chi connectivity index (χ1n) is 4.87. The minimum atomic E-state index is 0. The third kappa shape index (κ3) is 5.00. The summed E-state index contributed by atoms with van der Waals surface area (Å²) >= 11 is 0. The van der Waals surface area contributed by atoms with E-state index in [1.807, 2.05) is 0 Å². The zero-order valence-electron chi connectivity index (χ0n) is 8.31. The molecule has 0 saturated heterocycles. The fourth-order valence-corrected chi connectivity index (χ4v) is 2.14. The number of rotatable bonds is 2. The van der Waals surface area contributed by atoms with Crippen LogP contribution in [0.25, 0.3) is 0 Å². The van der Waals surface area contributed by atoms with Crippen LogP contribution in [0, 0.1) is 5.92 Å². The van der Waals surface area contributed by atoms with Crippen LogP contribution < -0.4 is 5.73 Å². The zero-order chi connectivity index (χ0) is 8.32. The largest absolute Gasteiger partial charge is 0.326 e. The highest BCUT2D eigenvalue weighted by Gasteiger charge is 2.20. The molecule has 0 unspecified atom stereocenters. The summed E-state index contributed by atoms with van der Waals surface area (Å²) in [6.45, 7) is 4.28. The predicted octanol–water partition coefficient (Wildman–Crippen LogP) is 3.12. The van der Waals surface area contributed by atoms with Crippen molar-refractivity contribution in [1.29, 1.82) is 0 Å². The van der Waals surface area contributed by atoms with Gasteiger partial charge in [0, 0.05) is 5.54 Å². The van der Waals surface area contributed by atoms with Crippen molar-refractivity contribution < 1.29 is 0 Å². The quantitative estimate of drug-likeness (QED) is 0.713. The van der Waals surface area contributed by atoms with Gasteiger partial charge in [-0.15, -0.1) is 12.4 Å². The molecule has 0 spiro atoms. The normalized spacial score (nSPS) is 20.2. The van der Waals surface area contributed by atoms with E-state index in [9.17, 15) is 0 Å². The van der Waals surface area contributed by atoms with Gasteiger partial charge in [-0.3, -0.25) is 0 Å². The van der Waals surface area contributed by atoms with Crippen LogP contribution in [0.3, 0.4) is 0 Å². The number of halogens is 1. The molecule has 0 bridgehead atoms. The molecule has 0 amide bonds. The van der Waals surface area contributed by atoms with Crippen molar-refractivity contribution in [3.8, 4) is 0 Å². The van der Waals surface area contributed by atoms with Crippen molar-refractivity contribution in [3.05, 3.63) is 0 Å². The Morgan fingerprint density at radius 2 is 1.67 bits per heavy atom. The van der Waals surface area contributed by atoms with E-state index in [1.54, 1.807) is 0 Å². The highest BCUT2D eigenvalue weighted by Crippen LogP contribution is 2.29. The van der Waals surface area contributed by atoms with Crippen molar-refractivity contribution >= 4 is 12.4 Å². The van der Waals surface area contributed by atoms with Gasteiger partial charge in [-0.25, -0.2) is 0 Å². The smallest absolute Gasteiger partial charge is 0.00996 e. The summed E-state index contributed by atoms with van der Waals surface area (Å²) in [5, 5.41) is 0. The number of hydrogen-bond acceptors (Lipinski definition) is 1. The Morgan fingerprint density at radius 3 is 2.08 bits per heavy atom. The van der Waals surface area contributed by atoms with Crippen LogP contribution in [0.5, 0.6) is 0 Å². The summed E-state index contributed by atoms with van der Waals surface area (Å²) in [5.41, 5.74) is 6.02. The fraction of sp³-hybridized carbons (Fsp3) is 1.00. The van der Waals surface area contributed by atoms with Gasteiger partial charge >= 0.3 is 0 Å². The molecule has 1 nitrogen and oxygen atoms in total. The lowest BCUT2D eigenvalue weighted by atomic mass is 9.81. The second kappa shape index (κ2) is 5.08.